The van der Waals surface area contributed by atoms with Crippen molar-refractivity contribution in [3.05, 3.63) is 28.0 Å². The maximum atomic E-state index is 13.6. The van der Waals surface area contributed by atoms with E-state index in [-0.39, 0.29) is 28.7 Å². The summed E-state index contributed by atoms with van der Waals surface area (Å²) >= 11 is 2.91. The molecule has 0 bridgehead atoms. The van der Waals surface area contributed by atoms with Crippen LogP contribution >= 0.6 is 15.9 Å². The highest BCUT2D eigenvalue weighted by atomic mass is 79.9. The topological polar surface area (TPSA) is 35.8 Å². The molecule has 0 radical (unpaired) electrons. The van der Waals surface area contributed by atoms with E-state index in [1.807, 2.05) is 0 Å². The minimum atomic E-state index is -4.20. The van der Waals surface area contributed by atoms with Crippen molar-refractivity contribution in [3.63, 3.8) is 0 Å². The predicted octanol–water partition coefficient (Wildman–Crippen LogP) is 4.21. The molecule has 18 heavy (non-hydrogen) atoms. The highest BCUT2D eigenvalue weighted by Gasteiger charge is 2.25. The normalized spacial score (nSPS) is 11.1. The maximum absolute atomic E-state index is 13.6. The Kier molecular flexibility index (Phi) is 4.96. The van der Waals surface area contributed by atoms with Gasteiger partial charge in [0.25, 0.3) is 0 Å². The third kappa shape index (κ3) is 4.18. The van der Waals surface area contributed by atoms with Crippen molar-refractivity contribution in [2.45, 2.75) is 19.0 Å². The number of nitrogens with one attached hydrogen (secondary N) is 1. The molecule has 0 heterocycles. The van der Waals surface area contributed by atoms with Gasteiger partial charge in [0.2, 0.25) is 0 Å². The van der Waals surface area contributed by atoms with Gasteiger partial charge in [-0.3, -0.25) is 0 Å². The summed E-state index contributed by atoms with van der Waals surface area (Å²) in [4.78, 5) is 0. The quantitative estimate of drug-likeness (QED) is 0.665. The molecule has 0 amide bonds. The van der Waals surface area contributed by atoms with Gasteiger partial charge in [-0.05, 0) is 34.5 Å². The van der Waals surface area contributed by atoms with Crippen LogP contribution in [0, 0.1) is 17.1 Å². The lowest BCUT2D eigenvalue weighted by atomic mass is 10.2. The van der Waals surface area contributed by atoms with Crippen LogP contribution in [0.15, 0.2) is 16.6 Å². The van der Waals surface area contributed by atoms with E-state index in [0.29, 0.717) is 0 Å². The molecule has 0 atom stereocenters. The lowest BCUT2D eigenvalue weighted by molar-refractivity contribution is -0.134. The summed E-state index contributed by atoms with van der Waals surface area (Å²) in [5, 5.41) is 11.2. The summed E-state index contributed by atoms with van der Waals surface area (Å²) in [6.07, 6.45) is -5.26. The van der Waals surface area contributed by atoms with E-state index in [2.05, 4.69) is 21.2 Å². The number of rotatable bonds is 4. The van der Waals surface area contributed by atoms with Gasteiger partial charge in [0.15, 0.2) is 5.82 Å². The number of nitrogens with zero attached hydrogens (tertiary/aromatic N) is 1. The second-order valence-corrected chi connectivity index (χ2v) is 4.34. The third-order valence-electron chi connectivity index (χ3n) is 2.16. The van der Waals surface area contributed by atoms with Crippen molar-refractivity contribution in [1.82, 2.24) is 0 Å². The SMILES string of the molecule is N#Cc1ccc(NCCCC(F)(F)F)c(F)c1Br. The van der Waals surface area contributed by atoms with Gasteiger partial charge in [-0.25, -0.2) is 4.39 Å². The summed E-state index contributed by atoms with van der Waals surface area (Å²) in [7, 11) is 0. The molecule has 2 nitrogen and oxygen atoms in total. The molecule has 1 N–H and O–H groups in total. The second-order valence-electron chi connectivity index (χ2n) is 3.55. The first kappa shape index (κ1) is 14.8. The Labute approximate surface area is 110 Å². The molecule has 0 aromatic heterocycles. The zero-order chi connectivity index (χ0) is 13.8. The molecule has 1 aromatic rings. The maximum Gasteiger partial charge on any atom is 0.389 e. The highest BCUT2D eigenvalue weighted by molar-refractivity contribution is 9.10. The van der Waals surface area contributed by atoms with E-state index < -0.39 is 18.4 Å². The first-order valence-electron chi connectivity index (χ1n) is 5.04. The highest BCUT2D eigenvalue weighted by Crippen LogP contribution is 2.27. The lowest BCUT2D eigenvalue weighted by Crippen LogP contribution is -2.11. The Hall–Kier alpha value is -1.29. The van der Waals surface area contributed by atoms with Crippen molar-refractivity contribution >= 4 is 21.6 Å². The molecule has 1 aromatic carbocycles. The Morgan fingerprint density at radius 2 is 2.00 bits per heavy atom. The molecule has 0 aliphatic rings. The first-order valence-corrected chi connectivity index (χ1v) is 5.83. The minimum absolute atomic E-state index is 0.00539. The van der Waals surface area contributed by atoms with Crippen LogP contribution in [0.3, 0.4) is 0 Å². The van der Waals surface area contributed by atoms with Gasteiger partial charge in [0, 0.05) is 13.0 Å². The molecule has 0 aliphatic carbocycles. The molecule has 1 rings (SSSR count). The second kappa shape index (κ2) is 6.05. The monoisotopic (exact) mass is 324 g/mol. The van der Waals surface area contributed by atoms with Crippen LogP contribution < -0.4 is 5.32 Å². The van der Waals surface area contributed by atoms with E-state index in [4.69, 9.17) is 5.26 Å². The van der Waals surface area contributed by atoms with Gasteiger partial charge in [0.05, 0.1) is 15.7 Å². The number of anilines is 1. The summed E-state index contributed by atoms with van der Waals surface area (Å²) < 4.78 is 49.3. The fourth-order valence-corrected chi connectivity index (χ4v) is 1.72. The summed E-state index contributed by atoms with van der Waals surface area (Å²) in [5.74, 6) is -0.680. The van der Waals surface area contributed by atoms with Crippen molar-refractivity contribution in [3.8, 4) is 6.07 Å². The van der Waals surface area contributed by atoms with E-state index in [1.165, 1.54) is 12.1 Å². The zero-order valence-electron chi connectivity index (χ0n) is 9.11. The number of halogens is 5. The van der Waals surface area contributed by atoms with Crippen molar-refractivity contribution in [1.29, 1.82) is 5.26 Å². The van der Waals surface area contributed by atoms with Crippen LogP contribution in [0.25, 0.3) is 0 Å². The number of benzene rings is 1. The van der Waals surface area contributed by atoms with Crippen LogP contribution in [-0.4, -0.2) is 12.7 Å². The predicted molar refractivity (Wildman–Crippen MR) is 62.6 cm³/mol. The van der Waals surface area contributed by atoms with Gasteiger partial charge in [0.1, 0.15) is 6.07 Å². The molecule has 0 saturated heterocycles. The van der Waals surface area contributed by atoms with Gasteiger partial charge in [-0.1, -0.05) is 0 Å². The molecular weight excluding hydrogens is 316 g/mol. The Morgan fingerprint density at radius 3 is 2.56 bits per heavy atom. The van der Waals surface area contributed by atoms with Gasteiger partial charge in [-0.2, -0.15) is 18.4 Å². The third-order valence-corrected chi connectivity index (χ3v) is 2.93. The number of nitriles is 1. The number of hydrogen-bond acceptors (Lipinski definition) is 2. The van der Waals surface area contributed by atoms with Gasteiger partial charge < -0.3 is 5.32 Å². The lowest BCUT2D eigenvalue weighted by Gasteiger charge is -2.10. The van der Waals surface area contributed by atoms with E-state index in [0.717, 1.165) is 0 Å². The summed E-state index contributed by atoms with van der Waals surface area (Å²) in [5.41, 5.74) is 0.205. The average Bonchev–Trinajstić information content (AvgIpc) is 2.28. The van der Waals surface area contributed by atoms with Crippen molar-refractivity contribution < 1.29 is 17.6 Å². The Morgan fingerprint density at radius 1 is 1.33 bits per heavy atom. The number of alkyl halides is 3. The van der Waals surface area contributed by atoms with Crippen LogP contribution in [0.1, 0.15) is 18.4 Å². The molecular formula is C11H9BrF4N2. The van der Waals surface area contributed by atoms with Crippen LogP contribution in [-0.2, 0) is 0 Å². The zero-order valence-corrected chi connectivity index (χ0v) is 10.7. The Balaban J connectivity index is 2.59. The smallest absolute Gasteiger partial charge is 0.383 e. The van der Waals surface area contributed by atoms with Crippen molar-refractivity contribution in [2.75, 3.05) is 11.9 Å². The molecule has 0 spiro atoms. The minimum Gasteiger partial charge on any atom is -0.383 e. The summed E-state index contributed by atoms with van der Waals surface area (Å²) in [6, 6.07) is 4.50. The number of hydrogen-bond donors (Lipinski definition) is 1. The van der Waals surface area contributed by atoms with Gasteiger partial charge in [-0.15, -0.1) is 0 Å². The van der Waals surface area contributed by atoms with Crippen molar-refractivity contribution in [2.24, 2.45) is 0 Å². The van der Waals surface area contributed by atoms with Crippen LogP contribution in [0.5, 0.6) is 0 Å². The first-order chi connectivity index (χ1) is 8.35. The molecule has 98 valence electrons. The average molecular weight is 325 g/mol. The van der Waals surface area contributed by atoms with Crippen LogP contribution in [0.2, 0.25) is 0 Å². The fourth-order valence-electron chi connectivity index (χ4n) is 1.28. The van der Waals surface area contributed by atoms with E-state index >= 15 is 0 Å². The largest absolute Gasteiger partial charge is 0.389 e. The molecule has 0 fully saturated rings. The molecule has 7 heteroatoms. The van der Waals surface area contributed by atoms with Gasteiger partial charge >= 0.3 is 6.18 Å². The Bertz CT molecular complexity index is 465. The molecule has 0 aliphatic heterocycles. The van der Waals surface area contributed by atoms with E-state index in [1.54, 1.807) is 6.07 Å². The molecule has 0 saturated carbocycles. The summed E-state index contributed by atoms with van der Waals surface area (Å²) in [6.45, 7) is 0.00870. The molecule has 0 unspecified atom stereocenters. The standard InChI is InChI=1S/C11H9BrF4N2/c12-9-7(6-17)2-3-8(10(9)13)18-5-1-4-11(14,15)16/h2-3,18H,1,4-5H2. The van der Waals surface area contributed by atoms with E-state index in [9.17, 15) is 17.6 Å². The van der Waals surface area contributed by atoms with Crippen LogP contribution in [0.4, 0.5) is 23.2 Å². The fraction of sp³-hybridized carbons (Fsp3) is 0.364.